The molecule has 0 bridgehead atoms. The zero-order chi connectivity index (χ0) is 12.4. The van der Waals surface area contributed by atoms with Crippen LogP contribution < -0.4 is 16.1 Å². The molecule has 0 atom stereocenters. The summed E-state index contributed by atoms with van der Waals surface area (Å²) in [4.78, 5) is 23.1. The Kier molecular flexibility index (Phi) is 2.71. The molecule has 1 aromatic carbocycles. The van der Waals surface area contributed by atoms with Crippen molar-refractivity contribution in [3.05, 3.63) is 39.2 Å². The van der Waals surface area contributed by atoms with Crippen LogP contribution in [0.25, 0.3) is 10.9 Å². The Labute approximate surface area is 96.2 Å². The Balaban J connectivity index is 2.99. The fraction of sp³-hybridized carbons (Fsp3) is 0.167. The van der Waals surface area contributed by atoms with Gasteiger partial charge in [-0.05, 0) is 12.1 Å². The SMILES string of the molecule is C#CCn1c(=O)oc(=O)c2c(OC)cccc21. The lowest BCUT2D eigenvalue weighted by Crippen LogP contribution is -2.25. The lowest BCUT2D eigenvalue weighted by molar-refractivity contribution is 0.405. The van der Waals surface area contributed by atoms with E-state index in [-0.39, 0.29) is 11.9 Å². The minimum absolute atomic E-state index is 0.0340. The second-order valence-electron chi connectivity index (χ2n) is 3.30. The third-order valence-electron chi connectivity index (χ3n) is 2.37. The van der Waals surface area contributed by atoms with Crippen LogP contribution in [-0.4, -0.2) is 11.7 Å². The van der Waals surface area contributed by atoms with Crippen LogP contribution in [0.5, 0.6) is 5.75 Å². The van der Waals surface area contributed by atoms with Crippen molar-refractivity contribution in [2.45, 2.75) is 6.54 Å². The molecule has 1 aromatic heterocycles. The van der Waals surface area contributed by atoms with E-state index in [1.54, 1.807) is 18.2 Å². The third-order valence-corrected chi connectivity index (χ3v) is 2.37. The summed E-state index contributed by atoms with van der Waals surface area (Å²) in [5.41, 5.74) is -0.320. The van der Waals surface area contributed by atoms with Crippen LogP contribution in [0.4, 0.5) is 0 Å². The Morgan fingerprint density at radius 2 is 2.24 bits per heavy atom. The van der Waals surface area contributed by atoms with Crippen LogP contribution >= 0.6 is 0 Å². The predicted molar refractivity (Wildman–Crippen MR) is 62.1 cm³/mol. The summed E-state index contributed by atoms with van der Waals surface area (Å²) in [6.45, 7) is 0.0340. The van der Waals surface area contributed by atoms with Crippen LogP contribution in [0.15, 0.2) is 32.2 Å². The highest BCUT2D eigenvalue weighted by Gasteiger charge is 2.12. The minimum atomic E-state index is -0.770. The van der Waals surface area contributed by atoms with E-state index in [0.29, 0.717) is 11.3 Å². The molecule has 0 N–H and O–H groups in total. The van der Waals surface area contributed by atoms with E-state index >= 15 is 0 Å². The molecule has 86 valence electrons. The summed E-state index contributed by atoms with van der Waals surface area (Å²) >= 11 is 0. The van der Waals surface area contributed by atoms with E-state index in [0.717, 1.165) is 0 Å². The van der Waals surface area contributed by atoms with Crippen molar-refractivity contribution < 1.29 is 9.15 Å². The van der Waals surface area contributed by atoms with Gasteiger partial charge in [0.1, 0.15) is 11.1 Å². The summed E-state index contributed by atoms with van der Waals surface area (Å²) < 4.78 is 10.9. The maximum Gasteiger partial charge on any atom is 0.423 e. The maximum absolute atomic E-state index is 11.6. The second-order valence-corrected chi connectivity index (χ2v) is 3.30. The van der Waals surface area contributed by atoms with Crippen LogP contribution in [0.1, 0.15) is 0 Å². The molecule has 5 nitrogen and oxygen atoms in total. The van der Waals surface area contributed by atoms with E-state index in [2.05, 4.69) is 10.3 Å². The van der Waals surface area contributed by atoms with Gasteiger partial charge in [0, 0.05) is 0 Å². The average molecular weight is 231 g/mol. The van der Waals surface area contributed by atoms with Gasteiger partial charge < -0.3 is 9.15 Å². The Morgan fingerprint density at radius 3 is 2.88 bits per heavy atom. The zero-order valence-corrected chi connectivity index (χ0v) is 9.10. The predicted octanol–water partition coefficient (Wildman–Crippen LogP) is 0.596. The van der Waals surface area contributed by atoms with Crippen molar-refractivity contribution >= 4 is 10.9 Å². The van der Waals surface area contributed by atoms with Gasteiger partial charge in [-0.2, -0.15) is 0 Å². The van der Waals surface area contributed by atoms with Gasteiger partial charge in [0.15, 0.2) is 0 Å². The molecule has 0 saturated carbocycles. The summed E-state index contributed by atoms with van der Waals surface area (Å²) in [6.07, 6.45) is 5.17. The quantitative estimate of drug-likeness (QED) is 0.710. The molecule has 0 aliphatic heterocycles. The number of ether oxygens (including phenoxy) is 1. The molecule has 0 unspecified atom stereocenters. The topological polar surface area (TPSA) is 61.4 Å². The summed E-state index contributed by atoms with van der Waals surface area (Å²) in [5, 5.41) is 0.213. The lowest BCUT2D eigenvalue weighted by Gasteiger charge is -2.07. The first-order valence-corrected chi connectivity index (χ1v) is 4.83. The van der Waals surface area contributed by atoms with Crippen LogP contribution in [-0.2, 0) is 6.54 Å². The average Bonchev–Trinajstić information content (AvgIpc) is 2.33. The minimum Gasteiger partial charge on any atom is -0.496 e. The van der Waals surface area contributed by atoms with Crippen molar-refractivity contribution in [3.63, 3.8) is 0 Å². The first-order valence-electron chi connectivity index (χ1n) is 4.83. The molecule has 17 heavy (non-hydrogen) atoms. The highest BCUT2D eigenvalue weighted by Crippen LogP contribution is 2.20. The summed E-state index contributed by atoms with van der Waals surface area (Å²) in [7, 11) is 1.44. The van der Waals surface area contributed by atoms with Crippen molar-refractivity contribution in [2.24, 2.45) is 0 Å². The van der Waals surface area contributed by atoms with Gasteiger partial charge in [-0.3, -0.25) is 4.57 Å². The fourth-order valence-electron chi connectivity index (χ4n) is 1.64. The Bertz CT molecular complexity index is 718. The molecule has 0 spiro atoms. The van der Waals surface area contributed by atoms with Gasteiger partial charge in [-0.15, -0.1) is 6.42 Å². The van der Waals surface area contributed by atoms with E-state index < -0.39 is 11.4 Å². The largest absolute Gasteiger partial charge is 0.496 e. The normalized spacial score (nSPS) is 10.1. The molecule has 5 heteroatoms. The number of fused-ring (bicyclic) bond motifs is 1. The highest BCUT2D eigenvalue weighted by molar-refractivity contribution is 5.84. The van der Waals surface area contributed by atoms with E-state index in [9.17, 15) is 9.59 Å². The van der Waals surface area contributed by atoms with Crippen molar-refractivity contribution in [1.29, 1.82) is 0 Å². The fourth-order valence-corrected chi connectivity index (χ4v) is 1.64. The number of hydrogen-bond donors (Lipinski definition) is 0. The number of methoxy groups -OCH3 is 1. The summed E-state index contributed by atoms with van der Waals surface area (Å²) in [6, 6.07) is 4.91. The van der Waals surface area contributed by atoms with E-state index in [1.165, 1.54) is 11.7 Å². The second kappa shape index (κ2) is 4.18. The van der Waals surface area contributed by atoms with Crippen LogP contribution in [0.2, 0.25) is 0 Å². The molecule has 0 amide bonds. The van der Waals surface area contributed by atoms with Gasteiger partial charge >= 0.3 is 11.4 Å². The van der Waals surface area contributed by atoms with Crippen LogP contribution in [0.3, 0.4) is 0 Å². The number of terminal acetylenes is 1. The standard InChI is InChI=1S/C12H9NO4/c1-3-7-13-8-5-4-6-9(16-2)10(8)11(14)17-12(13)15/h1,4-6H,7H2,2H3. The molecule has 0 radical (unpaired) electrons. The van der Waals surface area contributed by atoms with Crippen molar-refractivity contribution in [1.82, 2.24) is 4.57 Å². The van der Waals surface area contributed by atoms with Gasteiger partial charge in [0.05, 0.1) is 19.2 Å². The monoisotopic (exact) mass is 231 g/mol. The molecule has 2 rings (SSSR count). The number of rotatable bonds is 2. The maximum atomic E-state index is 11.6. The van der Waals surface area contributed by atoms with Gasteiger partial charge in [0.25, 0.3) is 0 Å². The number of hydrogen-bond acceptors (Lipinski definition) is 4. The molecule has 1 heterocycles. The lowest BCUT2D eigenvalue weighted by atomic mass is 10.2. The molecule has 0 saturated heterocycles. The molecule has 0 aliphatic rings. The smallest absolute Gasteiger partial charge is 0.423 e. The molecule has 2 aromatic rings. The molecular weight excluding hydrogens is 222 g/mol. The summed E-state index contributed by atoms with van der Waals surface area (Å²) in [5.74, 6) is 1.91. The van der Waals surface area contributed by atoms with Gasteiger partial charge in [0.2, 0.25) is 0 Å². The third kappa shape index (κ3) is 1.70. The first kappa shape index (κ1) is 11.0. The van der Waals surface area contributed by atoms with Crippen molar-refractivity contribution in [3.8, 4) is 18.1 Å². The first-order chi connectivity index (χ1) is 8.19. The molecular formula is C12H9NO4. The Morgan fingerprint density at radius 1 is 1.47 bits per heavy atom. The number of aromatic nitrogens is 1. The molecule has 0 fully saturated rings. The van der Waals surface area contributed by atoms with Crippen LogP contribution in [0, 0.1) is 12.3 Å². The molecule has 0 aliphatic carbocycles. The van der Waals surface area contributed by atoms with E-state index in [4.69, 9.17) is 11.2 Å². The highest BCUT2D eigenvalue weighted by atomic mass is 16.5. The Hall–Kier alpha value is -2.48. The van der Waals surface area contributed by atoms with Gasteiger partial charge in [-0.1, -0.05) is 12.0 Å². The van der Waals surface area contributed by atoms with E-state index in [1.807, 2.05) is 0 Å². The van der Waals surface area contributed by atoms with Gasteiger partial charge in [-0.25, -0.2) is 9.59 Å². The van der Waals surface area contributed by atoms with Crippen molar-refractivity contribution in [2.75, 3.05) is 7.11 Å². The number of nitrogens with zero attached hydrogens (tertiary/aromatic N) is 1. The number of benzene rings is 1. The zero-order valence-electron chi connectivity index (χ0n) is 9.10.